The highest BCUT2D eigenvalue weighted by atomic mass is 16.5. The maximum absolute atomic E-state index is 13.5. The van der Waals surface area contributed by atoms with Crippen molar-refractivity contribution in [1.82, 2.24) is 9.88 Å². The number of rotatable bonds is 10. The van der Waals surface area contributed by atoms with Crippen molar-refractivity contribution in [1.29, 1.82) is 0 Å². The van der Waals surface area contributed by atoms with E-state index in [1.807, 2.05) is 43.3 Å². The number of methoxy groups -OCH3 is 1. The van der Waals surface area contributed by atoms with Gasteiger partial charge in [0.05, 0.1) is 25.3 Å². The maximum Gasteiger partial charge on any atom is 0.295 e. The van der Waals surface area contributed by atoms with Crippen LogP contribution in [0.25, 0.3) is 5.76 Å². The monoisotopic (exact) mass is 550 g/mol. The number of ether oxygens (including phenoxy) is 3. The van der Waals surface area contributed by atoms with Crippen LogP contribution in [0.2, 0.25) is 0 Å². The third-order valence-corrected chi connectivity index (χ3v) is 6.77. The molecule has 3 aromatic carbocycles. The second-order valence-electron chi connectivity index (χ2n) is 9.43. The van der Waals surface area contributed by atoms with Gasteiger partial charge in [0, 0.05) is 24.5 Å². The van der Waals surface area contributed by atoms with E-state index in [0.29, 0.717) is 41.6 Å². The van der Waals surface area contributed by atoms with E-state index in [1.165, 1.54) is 12.0 Å². The van der Waals surface area contributed by atoms with Gasteiger partial charge in [-0.3, -0.25) is 14.6 Å². The highest BCUT2D eigenvalue weighted by Gasteiger charge is 2.46. The van der Waals surface area contributed by atoms with Gasteiger partial charge in [-0.15, -0.1) is 0 Å². The molecule has 208 valence electrons. The normalized spacial score (nSPS) is 16.0. The molecule has 1 saturated heterocycles. The molecule has 1 aliphatic rings. The Balaban J connectivity index is 1.58. The van der Waals surface area contributed by atoms with Gasteiger partial charge in [0.25, 0.3) is 11.7 Å². The first-order valence-corrected chi connectivity index (χ1v) is 13.2. The lowest BCUT2D eigenvalue weighted by Gasteiger charge is -2.26. The predicted octanol–water partition coefficient (Wildman–Crippen LogP) is 5.69. The van der Waals surface area contributed by atoms with E-state index in [9.17, 15) is 14.7 Å². The Morgan fingerprint density at radius 3 is 2.44 bits per heavy atom. The highest BCUT2D eigenvalue weighted by molar-refractivity contribution is 6.46. The van der Waals surface area contributed by atoms with Gasteiger partial charge in [-0.1, -0.05) is 54.6 Å². The first-order chi connectivity index (χ1) is 20.0. The molecule has 0 spiro atoms. The zero-order chi connectivity index (χ0) is 28.8. The number of likely N-dealkylation sites (tertiary alicyclic amines) is 1. The summed E-state index contributed by atoms with van der Waals surface area (Å²) in [5.41, 5.74) is 2.67. The molecule has 41 heavy (non-hydrogen) atoms. The van der Waals surface area contributed by atoms with E-state index >= 15 is 0 Å². The van der Waals surface area contributed by atoms with Crippen molar-refractivity contribution in [2.45, 2.75) is 26.1 Å². The second kappa shape index (κ2) is 12.4. The van der Waals surface area contributed by atoms with Gasteiger partial charge >= 0.3 is 0 Å². The van der Waals surface area contributed by atoms with E-state index in [0.717, 1.165) is 11.1 Å². The molecule has 8 heteroatoms. The summed E-state index contributed by atoms with van der Waals surface area (Å²) in [6.07, 6.45) is 3.28. The molecule has 5 rings (SSSR count). The lowest BCUT2D eigenvalue weighted by atomic mass is 9.94. The minimum absolute atomic E-state index is 0.0208. The largest absolute Gasteiger partial charge is 0.507 e. The van der Waals surface area contributed by atoms with Gasteiger partial charge in [0.1, 0.15) is 18.1 Å². The van der Waals surface area contributed by atoms with Crippen LogP contribution in [0.1, 0.15) is 35.2 Å². The van der Waals surface area contributed by atoms with Gasteiger partial charge in [0.2, 0.25) is 0 Å². The van der Waals surface area contributed by atoms with Crippen LogP contribution >= 0.6 is 0 Å². The lowest BCUT2D eigenvalue weighted by molar-refractivity contribution is -0.140. The smallest absolute Gasteiger partial charge is 0.295 e. The average Bonchev–Trinajstić information content (AvgIpc) is 3.26. The summed E-state index contributed by atoms with van der Waals surface area (Å²) in [7, 11) is 1.53. The number of carbonyl (C=O) groups excluding carboxylic acids is 2. The molecule has 1 aromatic heterocycles. The van der Waals surface area contributed by atoms with Crippen LogP contribution in [-0.2, 0) is 22.7 Å². The Kier molecular flexibility index (Phi) is 8.29. The first kappa shape index (κ1) is 27.5. The van der Waals surface area contributed by atoms with Crippen molar-refractivity contribution < 1.29 is 28.9 Å². The summed E-state index contributed by atoms with van der Waals surface area (Å²) < 4.78 is 17.2. The van der Waals surface area contributed by atoms with Gasteiger partial charge < -0.3 is 24.2 Å². The molecular formula is C33H30N2O6. The van der Waals surface area contributed by atoms with E-state index in [2.05, 4.69) is 4.98 Å². The molecule has 4 aromatic rings. The quantitative estimate of drug-likeness (QED) is 0.154. The first-order valence-electron chi connectivity index (χ1n) is 13.2. The SMILES string of the molecule is CCOc1cccc(C(O)=C2C(=O)C(=O)N(Cc3cccnc3)C2c2ccc(OCc3ccccc3)c(OC)c2)c1. The van der Waals surface area contributed by atoms with E-state index in [1.54, 1.807) is 60.9 Å². The average molecular weight is 551 g/mol. The number of nitrogens with zero attached hydrogens (tertiary/aromatic N) is 2. The number of aliphatic hydroxyl groups is 1. The Bertz CT molecular complexity index is 1570. The fraction of sp³-hybridized carbons (Fsp3) is 0.182. The van der Waals surface area contributed by atoms with Gasteiger partial charge in [-0.25, -0.2) is 0 Å². The minimum Gasteiger partial charge on any atom is -0.507 e. The van der Waals surface area contributed by atoms with Crippen molar-refractivity contribution in [3.05, 3.63) is 125 Å². The van der Waals surface area contributed by atoms with Gasteiger partial charge in [0.15, 0.2) is 11.5 Å². The van der Waals surface area contributed by atoms with E-state index < -0.39 is 17.7 Å². The Morgan fingerprint density at radius 1 is 0.902 bits per heavy atom. The summed E-state index contributed by atoms with van der Waals surface area (Å²) in [4.78, 5) is 32.5. The number of hydrogen-bond acceptors (Lipinski definition) is 7. The molecular weight excluding hydrogens is 520 g/mol. The summed E-state index contributed by atoms with van der Waals surface area (Å²) in [5, 5.41) is 11.5. The summed E-state index contributed by atoms with van der Waals surface area (Å²) in [6, 6.07) is 24.5. The van der Waals surface area contributed by atoms with Crippen LogP contribution in [0.5, 0.6) is 17.2 Å². The molecule has 2 heterocycles. The van der Waals surface area contributed by atoms with E-state index in [4.69, 9.17) is 14.2 Å². The number of ketones is 1. The fourth-order valence-corrected chi connectivity index (χ4v) is 4.84. The van der Waals surface area contributed by atoms with Gasteiger partial charge in [-0.2, -0.15) is 0 Å². The summed E-state index contributed by atoms with van der Waals surface area (Å²) in [5.74, 6) is -0.296. The molecule has 1 aliphatic heterocycles. The predicted molar refractivity (Wildman–Crippen MR) is 153 cm³/mol. The van der Waals surface area contributed by atoms with Crippen LogP contribution < -0.4 is 14.2 Å². The van der Waals surface area contributed by atoms with Crippen LogP contribution in [0.4, 0.5) is 0 Å². The number of benzene rings is 3. The number of pyridine rings is 1. The maximum atomic E-state index is 13.5. The molecule has 0 aliphatic carbocycles. The Labute approximate surface area is 238 Å². The van der Waals surface area contributed by atoms with Crippen molar-refractivity contribution in [3.63, 3.8) is 0 Å². The van der Waals surface area contributed by atoms with E-state index in [-0.39, 0.29) is 17.9 Å². The van der Waals surface area contributed by atoms with Gasteiger partial charge in [-0.05, 0) is 53.9 Å². The molecule has 1 N–H and O–H groups in total. The minimum atomic E-state index is -0.886. The van der Waals surface area contributed by atoms with Crippen LogP contribution in [0.3, 0.4) is 0 Å². The fourth-order valence-electron chi connectivity index (χ4n) is 4.84. The molecule has 1 amide bonds. The highest BCUT2D eigenvalue weighted by Crippen LogP contribution is 2.43. The third-order valence-electron chi connectivity index (χ3n) is 6.77. The third kappa shape index (κ3) is 5.91. The Hall–Kier alpha value is -5.11. The molecule has 1 unspecified atom stereocenters. The molecule has 8 nitrogen and oxygen atoms in total. The lowest BCUT2D eigenvalue weighted by Crippen LogP contribution is -2.29. The number of aromatic nitrogens is 1. The van der Waals surface area contributed by atoms with Crippen LogP contribution in [0, 0.1) is 0 Å². The summed E-state index contributed by atoms with van der Waals surface area (Å²) >= 11 is 0. The number of Topliss-reactive ketones (excluding diaryl/α,β-unsaturated/α-hetero) is 1. The zero-order valence-electron chi connectivity index (χ0n) is 22.8. The number of carbonyl (C=O) groups is 2. The number of aliphatic hydroxyl groups excluding tert-OH is 1. The Morgan fingerprint density at radius 2 is 1.71 bits per heavy atom. The topological polar surface area (TPSA) is 98.2 Å². The molecule has 0 radical (unpaired) electrons. The number of hydrogen-bond donors (Lipinski definition) is 1. The van der Waals surface area contributed by atoms with Crippen molar-refractivity contribution in [3.8, 4) is 17.2 Å². The van der Waals surface area contributed by atoms with Crippen molar-refractivity contribution >= 4 is 17.4 Å². The van der Waals surface area contributed by atoms with Crippen molar-refractivity contribution in [2.24, 2.45) is 0 Å². The van der Waals surface area contributed by atoms with Crippen molar-refractivity contribution in [2.75, 3.05) is 13.7 Å². The zero-order valence-corrected chi connectivity index (χ0v) is 22.8. The van der Waals surface area contributed by atoms with Crippen LogP contribution in [-0.4, -0.2) is 40.4 Å². The molecule has 1 atom stereocenters. The second-order valence-corrected chi connectivity index (χ2v) is 9.43. The standard InChI is InChI=1S/C33H30N2O6/c1-3-40-26-13-7-12-25(17-26)31(36)29-30(35(33(38)32(29)37)20-23-11-8-16-34-19-23)24-14-15-27(28(18-24)39-2)41-21-22-9-5-4-6-10-22/h4-19,30,36H,3,20-21H2,1-2H3. The summed E-state index contributed by atoms with van der Waals surface area (Å²) in [6.45, 7) is 2.76. The molecule has 0 saturated carbocycles. The van der Waals surface area contributed by atoms with Crippen LogP contribution in [0.15, 0.2) is 103 Å². The molecule has 0 bridgehead atoms. The molecule has 1 fully saturated rings. The number of amides is 1.